The second-order valence-electron chi connectivity index (χ2n) is 3.26. The molecule has 1 atom stereocenters. The molecule has 3 N–H and O–H groups in total. The molecule has 2 heteroatoms. The molecular formula is C7H16N2. The largest absolute Gasteiger partial charge is 0.325 e. The van der Waals surface area contributed by atoms with Crippen LogP contribution in [0.1, 0.15) is 26.2 Å². The van der Waals surface area contributed by atoms with E-state index in [1.807, 2.05) is 0 Å². The molecular weight excluding hydrogens is 112 g/mol. The quantitative estimate of drug-likeness (QED) is 0.498. The number of hydrogen-bond donors (Lipinski definition) is 2. The summed E-state index contributed by atoms with van der Waals surface area (Å²) >= 11 is 0. The van der Waals surface area contributed by atoms with Gasteiger partial charge in [-0.05, 0) is 39.3 Å². The van der Waals surface area contributed by atoms with Crippen LogP contribution in [0.3, 0.4) is 0 Å². The van der Waals surface area contributed by atoms with Gasteiger partial charge in [-0.3, -0.25) is 0 Å². The summed E-state index contributed by atoms with van der Waals surface area (Å²) in [4.78, 5) is 0. The van der Waals surface area contributed by atoms with E-state index >= 15 is 0 Å². The molecule has 9 heavy (non-hydrogen) atoms. The lowest BCUT2D eigenvalue weighted by Gasteiger charge is -2.20. The van der Waals surface area contributed by atoms with Gasteiger partial charge in [0.1, 0.15) is 0 Å². The zero-order valence-corrected chi connectivity index (χ0v) is 6.11. The fourth-order valence-corrected chi connectivity index (χ4v) is 1.24. The standard InChI is InChI=1S/C7H16N2/c1-7(8)3-2-5-9-6-4-7/h9H,2-6,8H2,1H3. The fourth-order valence-electron chi connectivity index (χ4n) is 1.24. The van der Waals surface area contributed by atoms with Gasteiger partial charge in [-0.2, -0.15) is 0 Å². The van der Waals surface area contributed by atoms with Crippen LogP contribution in [0.5, 0.6) is 0 Å². The third-order valence-electron chi connectivity index (χ3n) is 1.97. The average Bonchev–Trinajstić information content (AvgIpc) is 1.92. The number of hydrogen-bond acceptors (Lipinski definition) is 2. The van der Waals surface area contributed by atoms with Gasteiger partial charge >= 0.3 is 0 Å². The zero-order chi connectivity index (χ0) is 6.74. The Labute approximate surface area is 56.8 Å². The van der Waals surface area contributed by atoms with Gasteiger partial charge in [0.05, 0.1) is 0 Å². The molecule has 0 radical (unpaired) electrons. The summed E-state index contributed by atoms with van der Waals surface area (Å²) in [5, 5.41) is 3.32. The monoisotopic (exact) mass is 128 g/mol. The zero-order valence-electron chi connectivity index (χ0n) is 6.11. The molecule has 0 bridgehead atoms. The molecule has 0 aromatic rings. The first kappa shape index (κ1) is 7.03. The highest BCUT2D eigenvalue weighted by Gasteiger charge is 2.18. The van der Waals surface area contributed by atoms with Crippen molar-refractivity contribution in [2.24, 2.45) is 5.73 Å². The van der Waals surface area contributed by atoms with E-state index in [9.17, 15) is 0 Å². The highest BCUT2D eigenvalue weighted by atomic mass is 14.9. The Morgan fingerprint density at radius 1 is 1.33 bits per heavy atom. The molecule has 1 rings (SSSR count). The molecule has 1 fully saturated rings. The van der Waals surface area contributed by atoms with Gasteiger partial charge in [-0.15, -0.1) is 0 Å². The summed E-state index contributed by atoms with van der Waals surface area (Å²) in [7, 11) is 0. The Morgan fingerprint density at radius 2 is 2.11 bits per heavy atom. The van der Waals surface area contributed by atoms with E-state index in [0.29, 0.717) is 0 Å². The SMILES string of the molecule is CC1(N)CCCNCC1. The van der Waals surface area contributed by atoms with Gasteiger partial charge in [0.15, 0.2) is 0 Å². The number of nitrogens with two attached hydrogens (primary N) is 1. The van der Waals surface area contributed by atoms with Crippen LogP contribution in [0, 0.1) is 0 Å². The first-order chi connectivity index (χ1) is 4.21. The van der Waals surface area contributed by atoms with Crippen molar-refractivity contribution >= 4 is 0 Å². The second kappa shape index (κ2) is 2.67. The van der Waals surface area contributed by atoms with Crippen LogP contribution in [0.2, 0.25) is 0 Å². The minimum absolute atomic E-state index is 0.101. The summed E-state index contributed by atoms with van der Waals surface area (Å²) < 4.78 is 0. The normalized spacial score (nSPS) is 38.0. The molecule has 2 nitrogen and oxygen atoms in total. The average molecular weight is 128 g/mol. The third-order valence-corrected chi connectivity index (χ3v) is 1.97. The van der Waals surface area contributed by atoms with Gasteiger partial charge in [0.2, 0.25) is 0 Å². The summed E-state index contributed by atoms with van der Waals surface area (Å²) in [5.41, 5.74) is 6.04. The van der Waals surface area contributed by atoms with E-state index in [1.165, 1.54) is 12.8 Å². The van der Waals surface area contributed by atoms with Crippen LogP contribution in [0.15, 0.2) is 0 Å². The van der Waals surface area contributed by atoms with Gasteiger partial charge in [-0.1, -0.05) is 0 Å². The van der Waals surface area contributed by atoms with Gasteiger partial charge in [0, 0.05) is 5.54 Å². The predicted molar refractivity (Wildman–Crippen MR) is 39.3 cm³/mol. The maximum Gasteiger partial charge on any atom is 0.0138 e. The first-order valence-corrected chi connectivity index (χ1v) is 3.70. The lowest BCUT2D eigenvalue weighted by atomic mass is 9.95. The van der Waals surface area contributed by atoms with Crippen LogP contribution >= 0.6 is 0 Å². The van der Waals surface area contributed by atoms with Crippen molar-refractivity contribution in [3.05, 3.63) is 0 Å². The first-order valence-electron chi connectivity index (χ1n) is 3.70. The molecule has 54 valence electrons. The van der Waals surface area contributed by atoms with Crippen molar-refractivity contribution in [2.45, 2.75) is 31.7 Å². The maximum atomic E-state index is 5.94. The fraction of sp³-hybridized carbons (Fsp3) is 1.00. The van der Waals surface area contributed by atoms with Gasteiger partial charge < -0.3 is 11.1 Å². The Balaban J connectivity index is 2.36. The van der Waals surface area contributed by atoms with Crippen LogP contribution in [-0.2, 0) is 0 Å². The highest BCUT2D eigenvalue weighted by Crippen LogP contribution is 2.14. The minimum Gasteiger partial charge on any atom is -0.325 e. The van der Waals surface area contributed by atoms with Crippen molar-refractivity contribution in [1.29, 1.82) is 0 Å². The predicted octanol–water partition coefficient (Wildman–Crippen LogP) is 0.477. The third kappa shape index (κ3) is 2.33. The topological polar surface area (TPSA) is 38.0 Å². The Hall–Kier alpha value is -0.0800. The highest BCUT2D eigenvalue weighted by molar-refractivity contribution is 4.81. The summed E-state index contributed by atoms with van der Waals surface area (Å²) in [6, 6.07) is 0. The molecule has 1 unspecified atom stereocenters. The number of nitrogens with one attached hydrogen (secondary N) is 1. The lowest BCUT2D eigenvalue weighted by Crippen LogP contribution is -2.36. The van der Waals surface area contributed by atoms with Crippen molar-refractivity contribution in [3.8, 4) is 0 Å². The van der Waals surface area contributed by atoms with Crippen LogP contribution < -0.4 is 11.1 Å². The molecule has 0 aromatic heterocycles. The van der Waals surface area contributed by atoms with E-state index in [-0.39, 0.29) is 5.54 Å². The molecule has 1 aliphatic rings. The van der Waals surface area contributed by atoms with E-state index < -0.39 is 0 Å². The van der Waals surface area contributed by atoms with Crippen molar-refractivity contribution < 1.29 is 0 Å². The van der Waals surface area contributed by atoms with E-state index in [0.717, 1.165) is 19.5 Å². The summed E-state index contributed by atoms with van der Waals surface area (Å²) in [5.74, 6) is 0. The molecule has 0 spiro atoms. The van der Waals surface area contributed by atoms with Crippen molar-refractivity contribution in [1.82, 2.24) is 5.32 Å². The molecule has 1 aliphatic heterocycles. The second-order valence-corrected chi connectivity index (χ2v) is 3.26. The molecule has 0 amide bonds. The Kier molecular flexibility index (Phi) is 2.09. The van der Waals surface area contributed by atoms with E-state index in [2.05, 4.69) is 12.2 Å². The van der Waals surface area contributed by atoms with Crippen LogP contribution in [-0.4, -0.2) is 18.6 Å². The lowest BCUT2D eigenvalue weighted by molar-refractivity contribution is 0.420. The van der Waals surface area contributed by atoms with Crippen molar-refractivity contribution in [3.63, 3.8) is 0 Å². The Morgan fingerprint density at radius 3 is 2.89 bits per heavy atom. The smallest absolute Gasteiger partial charge is 0.0138 e. The molecule has 1 heterocycles. The van der Waals surface area contributed by atoms with Gasteiger partial charge in [-0.25, -0.2) is 0 Å². The molecule has 1 saturated heterocycles. The van der Waals surface area contributed by atoms with Crippen molar-refractivity contribution in [2.75, 3.05) is 13.1 Å². The Bertz CT molecular complexity index is 78.9. The maximum absolute atomic E-state index is 5.94. The number of rotatable bonds is 0. The summed E-state index contributed by atoms with van der Waals surface area (Å²) in [6.07, 6.45) is 3.51. The van der Waals surface area contributed by atoms with E-state index in [1.54, 1.807) is 0 Å². The molecule has 0 aromatic carbocycles. The van der Waals surface area contributed by atoms with Crippen LogP contribution in [0.25, 0.3) is 0 Å². The molecule has 0 aliphatic carbocycles. The molecule has 0 saturated carbocycles. The van der Waals surface area contributed by atoms with Gasteiger partial charge in [0.25, 0.3) is 0 Å². The minimum atomic E-state index is 0.101. The van der Waals surface area contributed by atoms with E-state index in [4.69, 9.17) is 5.73 Å². The van der Waals surface area contributed by atoms with Crippen LogP contribution in [0.4, 0.5) is 0 Å². The summed E-state index contributed by atoms with van der Waals surface area (Å²) in [6.45, 7) is 4.37.